The van der Waals surface area contributed by atoms with Crippen molar-refractivity contribution in [1.82, 2.24) is 15.1 Å². The minimum atomic E-state index is -0.259. The molecule has 1 aliphatic rings. The van der Waals surface area contributed by atoms with Gasteiger partial charge in [-0.25, -0.2) is 0 Å². The van der Waals surface area contributed by atoms with Gasteiger partial charge in [0.2, 0.25) is 0 Å². The van der Waals surface area contributed by atoms with Crippen molar-refractivity contribution < 1.29 is 19.0 Å². The number of unbranched alkanes of at least 4 members (excludes halogenated alkanes) is 2. The summed E-state index contributed by atoms with van der Waals surface area (Å²) in [5.74, 6) is 2.15. The normalized spacial score (nSPS) is 14.9. The van der Waals surface area contributed by atoms with Crippen LogP contribution in [0.5, 0.6) is 17.2 Å². The Labute approximate surface area is 201 Å². The van der Waals surface area contributed by atoms with Crippen LogP contribution in [-0.2, 0) is 0 Å². The lowest BCUT2D eigenvalue weighted by molar-refractivity contribution is 0.0740. The number of nitrogens with one attached hydrogen (secondary N) is 1. The number of benzene rings is 2. The van der Waals surface area contributed by atoms with Gasteiger partial charge >= 0.3 is 0 Å². The molecule has 1 atom stereocenters. The molecule has 1 amide bonds. The van der Waals surface area contributed by atoms with Crippen LogP contribution in [0.25, 0.3) is 11.3 Å². The molecule has 0 aliphatic carbocycles. The monoisotopic (exact) mass is 463 g/mol. The number of aromatic nitrogens is 2. The van der Waals surface area contributed by atoms with E-state index in [2.05, 4.69) is 17.1 Å². The minimum absolute atomic E-state index is 0.0183. The van der Waals surface area contributed by atoms with Crippen LogP contribution in [-0.4, -0.2) is 47.9 Å². The van der Waals surface area contributed by atoms with E-state index in [0.29, 0.717) is 37.0 Å². The van der Waals surface area contributed by atoms with Gasteiger partial charge in [0, 0.05) is 17.7 Å². The summed E-state index contributed by atoms with van der Waals surface area (Å²) in [6, 6.07) is 13.5. The van der Waals surface area contributed by atoms with Gasteiger partial charge in [0.05, 0.1) is 32.1 Å². The van der Waals surface area contributed by atoms with Gasteiger partial charge in [-0.3, -0.25) is 9.89 Å². The largest absolute Gasteiger partial charge is 0.497 e. The molecule has 0 fully saturated rings. The van der Waals surface area contributed by atoms with Gasteiger partial charge in [-0.2, -0.15) is 5.10 Å². The summed E-state index contributed by atoms with van der Waals surface area (Å²) in [5.41, 5.74) is 4.15. The molecule has 7 heteroatoms. The number of H-pyrrole nitrogens is 1. The van der Waals surface area contributed by atoms with Crippen molar-refractivity contribution in [2.24, 2.45) is 0 Å². The van der Waals surface area contributed by atoms with E-state index >= 15 is 0 Å². The molecule has 0 saturated heterocycles. The smallest absolute Gasteiger partial charge is 0.273 e. The summed E-state index contributed by atoms with van der Waals surface area (Å²) in [4.78, 5) is 15.4. The maximum Gasteiger partial charge on any atom is 0.273 e. The number of aromatic amines is 1. The molecule has 0 saturated carbocycles. The van der Waals surface area contributed by atoms with Crippen molar-refractivity contribution in [3.05, 3.63) is 59.3 Å². The van der Waals surface area contributed by atoms with Gasteiger partial charge < -0.3 is 19.1 Å². The van der Waals surface area contributed by atoms with E-state index < -0.39 is 0 Å². The number of carbonyl (C=O) groups excluding carboxylic acids is 1. The number of methoxy groups -OCH3 is 1. The fraction of sp³-hybridized carbons (Fsp3) is 0.407. The minimum Gasteiger partial charge on any atom is -0.497 e. The zero-order valence-electron chi connectivity index (χ0n) is 20.4. The number of ether oxygens (including phenoxy) is 3. The molecule has 7 nitrogen and oxygen atoms in total. The van der Waals surface area contributed by atoms with Gasteiger partial charge in [0.1, 0.15) is 11.4 Å². The zero-order chi connectivity index (χ0) is 24.1. The van der Waals surface area contributed by atoms with Crippen LogP contribution in [0.15, 0.2) is 42.5 Å². The molecule has 1 unspecified atom stereocenters. The van der Waals surface area contributed by atoms with Crippen LogP contribution in [0.1, 0.15) is 67.7 Å². The van der Waals surface area contributed by atoms with Crippen molar-refractivity contribution in [3.8, 4) is 28.5 Å². The highest BCUT2D eigenvalue weighted by Crippen LogP contribution is 2.44. The third kappa shape index (κ3) is 4.47. The fourth-order valence-electron chi connectivity index (χ4n) is 4.51. The number of fused-ring (bicyclic) bond motifs is 1. The number of hydrogen-bond acceptors (Lipinski definition) is 5. The van der Waals surface area contributed by atoms with E-state index in [0.717, 1.165) is 47.4 Å². The van der Waals surface area contributed by atoms with Gasteiger partial charge in [-0.15, -0.1) is 0 Å². The molecule has 0 spiro atoms. The first-order valence-electron chi connectivity index (χ1n) is 12.1. The van der Waals surface area contributed by atoms with Crippen molar-refractivity contribution >= 4 is 5.91 Å². The summed E-state index contributed by atoms with van der Waals surface area (Å²) in [6.45, 7) is 7.83. The van der Waals surface area contributed by atoms with Gasteiger partial charge in [-0.1, -0.05) is 25.8 Å². The molecule has 2 heterocycles. The summed E-state index contributed by atoms with van der Waals surface area (Å²) >= 11 is 0. The van der Waals surface area contributed by atoms with Crippen LogP contribution in [0, 0.1) is 0 Å². The molecule has 3 aromatic rings. The predicted molar refractivity (Wildman–Crippen MR) is 132 cm³/mol. The van der Waals surface area contributed by atoms with E-state index in [4.69, 9.17) is 14.2 Å². The highest BCUT2D eigenvalue weighted by Gasteiger charge is 2.42. The molecule has 2 aromatic carbocycles. The van der Waals surface area contributed by atoms with Gasteiger partial charge in [0.25, 0.3) is 5.91 Å². The van der Waals surface area contributed by atoms with Gasteiger partial charge in [0.15, 0.2) is 11.5 Å². The summed E-state index contributed by atoms with van der Waals surface area (Å²) in [5, 5.41) is 7.58. The predicted octanol–water partition coefficient (Wildman–Crippen LogP) is 5.62. The third-order valence-corrected chi connectivity index (χ3v) is 6.11. The number of carbonyl (C=O) groups is 1. The van der Waals surface area contributed by atoms with Crippen LogP contribution in [0.2, 0.25) is 0 Å². The standard InChI is InChI=1S/C27H33N3O4/c1-5-8-9-16-30-26(19-12-15-21(33-6-2)22(17-19)34-7-3)23-24(28-29-25(23)27(30)31)18-10-13-20(32-4)14-11-18/h10-15,17,26H,5-9,16H2,1-4H3,(H,28,29). The topological polar surface area (TPSA) is 76.7 Å². The van der Waals surface area contributed by atoms with Crippen molar-refractivity contribution in [2.45, 2.75) is 46.1 Å². The fourth-order valence-corrected chi connectivity index (χ4v) is 4.51. The van der Waals surface area contributed by atoms with Crippen LogP contribution in [0.3, 0.4) is 0 Å². The maximum absolute atomic E-state index is 13.5. The second-order valence-corrected chi connectivity index (χ2v) is 8.27. The van der Waals surface area contributed by atoms with Gasteiger partial charge in [-0.05, 0) is 62.2 Å². The lowest BCUT2D eigenvalue weighted by Crippen LogP contribution is -2.30. The van der Waals surface area contributed by atoms with Crippen LogP contribution < -0.4 is 14.2 Å². The first kappa shape index (κ1) is 23.7. The first-order chi connectivity index (χ1) is 16.6. The molecule has 1 N–H and O–H groups in total. The Hall–Kier alpha value is -3.48. The third-order valence-electron chi connectivity index (χ3n) is 6.11. The first-order valence-corrected chi connectivity index (χ1v) is 12.1. The van der Waals surface area contributed by atoms with Crippen molar-refractivity contribution in [1.29, 1.82) is 0 Å². The second kappa shape index (κ2) is 10.6. The van der Waals surface area contributed by atoms with E-state index in [1.165, 1.54) is 0 Å². The number of rotatable bonds is 11. The van der Waals surface area contributed by atoms with E-state index in [1.54, 1.807) is 7.11 Å². The maximum atomic E-state index is 13.5. The Morgan fingerprint density at radius 2 is 1.71 bits per heavy atom. The zero-order valence-corrected chi connectivity index (χ0v) is 20.4. The van der Waals surface area contributed by atoms with Crippen molar-refractivity contribution in [3.63, 3.8) is 0 Å². The van der Waals surface area contributed by atoms with E-state index in [9.17, 15) is 4.79 Å². The summed E-state index contributed by atoms with van der Waals surface area (Å²) in [7, 11) is 1.64. The average molecular weight is 464 g/mol. The number of nitrogens with zero attached hydrogens (tertiary/aromatic N) is 2. The molecule has 0 bridgehead atoms. The molecular formula is C27H33N3O4. The molecular weight excluding hydrogens is 430 g/mol. The Morgan fingerprint density at radius 1 is 0.971 bits per heavy atom. The Morgan fingerprint density at radius 3 is 2.38 bits per heavy atom. The Kier molecular flexibility index (Phi) is 7.40. The van der Waals surface area contributed by atoms with E-state index in [1.807, 2.05) is 61.2 Å². The lowest BCUT2D eigenvalue weighted by Gasteiger charge is -2.27. The highest BCUT2D eigenvalue weighted by atomic mass is 16.5. The lowest BCUT2D eigenvalue weighted by atomic mass is 9.95. The molecule has 1 aliphatic heterocycles. The highest BCUT2D eigenvalue weighted by molar-refractivity contribution is 6.00. The molecule has 4 rings (SSSR count). The van der Waals surface area contributed by atoms with Crippen molar-refractivity contribution in [2.75, 3.05) is 26.9 Å². The number of amides is 1. The number of hydrogen-bond donors (Lipinski definition) is 1. The molecule has 34 heavy (non-hydrogen) atoms. The summed E-state index contributed by atoms with van der Waals surface area (Å²) < 4.78 is 17.0. The Bertz CT molecular complexity index is 1120. The molecule has 1 aromatic heterocycles. The second-order valence-electron chi connectivity index (χ2n) is 8.27. The molecule has 180 valence electrons. The van der Waals surface area contributed by atoms with E-state index in [-0.39, 0.29) is 11.9 Å². The molecule has 0 radical (unpaired) electrons. The average Bonchev–Trinajstić information content (AvgIpc) is 3.40. The SMILES string of the molecule is CCCCCN1C(=O)c2[nH]nc(-c3ccc(OC)cc3)c2C1c1ccc(OCC)c(OCC)c1. The Balaban J connectivity index is 1.81. The van der Waals surface area contributed by atoms with Crippen LogP contribution in [0.4, 0.5) is 0 Å². The summed E-state index contributed by atoms with van der Waals surface area (Å²) in [6.07, 6.45) is 3.11. The quantitative estimate of drug-likeness (QED) is 0.374. The van der Waals surface area contributed by atoms with Crippen LogP contribution >= 0.6 is 0 Å².